The van der Waals surface area contributed by atoms with Gasteiger partial charge in [-0.2, -0.15) is 0 Å². The molecule has 1 aromatic rings. The molecule has 0 radical (unpaired) electrons. The molecule has 15 heteroatoms. The van der Waals surface area contributed by atoms with E-state index in [1.54, 1.807) is 0 Å². The van der Waals surface area contributed by atoms with Gasteiger partial charge >= 0.3 is 102 Å². The molecule has 0 unspecified atom stereocenters. The zero-order valence-corrected chi connectivity index (χ0v) is 24.4. The maximum Gasteiger partial charge on any atom is 0 e. The molecule has 38 heavy (non-hydrogen) atoms. The van der Waals surface area contributed by atoms with Crippen LogP contribution in [0, 0.1) is 59.9 Å². The fourth-order valence-corrected chi connectivity index (χ4v) is 1.99. The van der Waals surface area contributed by atoms with Crippen LogP contribution in [0.3, 0.4) is 0 Å². The summed E-state index contributed by atoms with van der Waals surface area (Å²) >= 11 is 0. The van der Waals surface area contributed by atoms with Gasteiger partial charge in [-0.3, -0.25) is 6.79 Å². The molecule has 208 valence electrons. The Balaban J connectivity index is -0.0000000211. The predicted molar refractivity (Wildman–Crippen MR) is 111 cm³/mol. The maximum absolute atomic E-state index is 7.75. The van der Waals surface area contributed by atoms with Crippen LogP contribution in [0.1, 0.15) is 50.7 Å². The molecule has 0 fully saturated rings. The Bertz CT molecular complexity index is 623. The Morgan fingerprint density at radius 3 is 0.921 bits per heavy atom. The monoisotopic (exact) mass is 671 g/mol. The molecule has 11 nitrogen and oxygen atoms in total. The second-order valence-corrected chi connectivity index (χ2v) is 4.74. The molecule has 0 saturated heterocycles. The standard InChI is InChI=1S/C13H19OP.CHO.9CO.3Fe/c1-9(2)11-7-6-8-12(10(3)4)13(11)14-15-5;10*1-2;;;/h6-10H,5H2,1-4H3;1H;;;;;;;;;;;;/q;-1;;;;;;;;;;;;. The zero-order valence-electron chi connectivity index (χ0n) is 20.2. The minimum Gasteiger partial charge on any atom is -0.545 e. The third-order valence-electron chi connectivity index (χ3n) is 2.48. The van der Waals surface area contributed by atoms with Crippen LogP contribution < -0.4 is 4.52 Å². The second-order valence-electron chi connectivity index (χ2n) is 4.30. The van der Waals surface area contributed by atoms with E-state index in [9.17, 15) is 0 Å². The van der Waals surface area contributed by atoms with Crippen LogP contribution in [-0.2, 0) is 97.9 Å². The third kappa shape index (κ3) is 70.0. The molecule has 0 aliphatic heterocycles. The van der Waals surface area contributed by atoms with Crippen molar-refractivity contribution in [1.82, 2.24) is 0 Å². The van der Waals surface area contributed by atoms with Crippen molar-refractivity contribution in [3.8, 4) is 5.75 Å². The molecule has 0 saturated carbocycles. The maximum atomic E-state index is 7.75. The number of benzene rings is 1. The summed E-state index contributed by atoms with van der Waals surface area (Å²) < 4.78 is 73.2. The van der Waals surface area contributed by atoms with Crippen LogP contribution in [-0.4, -0.2) is 13.1 Å². The molecular formula is C23H20Fe3O11P-. The molecule has 0 aromatic heterocycles. The van der Waals surface area contributed by atoms with E-state index >= 15 is 0 Å². The summed E-state index contributed by atoms with van der Waals surface area (Å²) in [6.45, 7) is 52.5. The molecule has 1 aromatic carbocycles. The molecule has 0 N–H and O–H groups in total. The first-order chi connectivity index (χ1) is 17.1. The smallest absolute Gasteiger partial charge is 0 e. The largest absolute Gasteiger partial charge is 0.545 e. The molecule has 0 heterocycles. The summed E-state index contributed by atoms with van der Waals surface area (Å²) in [4.78, 5) is 7.75. The Morgan fingerprint density at radius 1 is 0.605 bits per heavy atom. The number of carbonyl (C=O) groups excluding carboxylic acids is 1. The minimum atomic E-state index is 0. The Kier molecular flexibility index (Phi) is 273. The average molecular weight is 671 g/mol. The summed E-state index contributed by atoms with van der Waals surface area (Å²) in [5, 5.41) is 0. The van der Waals surface area contributed by atoms with E-state index in [4.69, 9.17) is 51.2 Å². The molecule has 0 amide bonds. The van der Waals surface area contributed by atoms with Crippen molar-refractivity contribution in [2.45, 2.75) is 39.5 Å². The number of rotatable bonds is 4. The normalized spacial score (nSPS) is 5.05. The molecule has 0 aliphatic carbocycles. The van der Waals surface area contributed by atoms with Crippen molar-refractivity contribution in [1.29, 1.82) is 0 Å². The zero-order chi connectivity index (χ0) is 31.4. The van der Waals surface area contributed by atoms with Crippen molar-refractivity contribution in [2.75, 3.05) is 0 Å². The van der Waals surface area contributed by atoms with Gasteiger partial charge in [-0.15, -0.1) is 0 Å². The van der Waals surface area contributed by atoms with Crippen LogP contribution in [0.4, 0.5) is 0 Å². The molecule has 0 spiro atoms. The predicted octanol–water partition coefficient (Wildman–Crippen LogP) is 3.99. The van der Waals surface area contributed by atoms with Gasteiger partial charge in [-0.05, 0) is 29.3 Å². The molecule has 1 rings (SSSR count). The van der Waals surface area contributed by atoms with E-state index in [-0.39, 0.29) is 51.2 Å². The van der Waals surface area contributed by atoms with Crippen LogP contribution in [0.25, 0.3) is 0 Å². The van der Waals surface area contributed by atoms with Gasteiger partial charge in [-0.1, -0.05) is 45.9 Å². The Labute approximate surface area is 257 Å². The van der Waals surface area contributed by atoms with E-state index in [0.717, 1.165) is 5.75 Å². The van der Waals surface area contributed by atoms with Crippen LogP contribution in [0.15, 0.2) is 18.2 Å². The Morgan fingerprint density at radius 2 is 0.789 bits per heavy atom. The minimum absolute atomic E-state index is 0. The first-order valence-corrected chi connectivity index (χ1v) is 8.40. The second kappa shape index (κ2) is 125. The fraction of sp³-hybridized carbons (Fsp3) is 0.261. The summed E-state index contributed by atoms with van der Waals surface area (Å²) in [5.74, 6) is 2.00. The van der Waals surface area contributed by atoms with Gasteiger partial charge in [0.15, 0.2) is 0 Å². The van der Waals surface area contributed by atoms with Crippen LogP contribution >= 0.6 is 8.43 Å². The summed E-state index contributed by atoms with van der Waals surface area (Å²) in [5.41, 5.74) is 2.55. The van der Waals surface area contributed by atoms with Gasteiger partial charge in [0.05, 0.1) is 0 Å². The van der Waals surface area contributed by atoms with Gasteiger partial charge in [0.2, 0.25) is 0 Å². The van der Waals surface area contributed by atoms with E-state index in [1.165, 1.54) is 11.1 Å². The molecular weight excluding hydrogens is 651 g/mol. The molecule has 0 aliphatic rings. The fourth-order valence-electron chi connectivity index (χ4n) is 1.65. The van der Waals surface area contributed by atoms with E-state index in [1.807, 2.05) is 0 Å². The summed E-state index contributed by atoms with van der Waals surface area (Å²) in [6.07, 6.45) is 3.73. The van der Waals surface area contributed by atoms with E-state index < -0.39 is 0 Å². The van der Waals surface area contributed by atoms with Crippen LogP contribution in [0.2, 0.25) is 0 Å². The van der Waals surface area contributed by atoms with Gasteiger partial charge < -0.3 is 9.32 Å². The van der Waals surface area contributed by atoms with Gasteiger partial charge in [0, 0.05) is 51.2 Å². The van der Waals surface area contributed by atoms with Crippen molar-refractivity contribution >= 4 is 21.5 Å². The topological polar surface area (TPSA) is 205 Å². The molecule has 0 atom stereocenters. The Hall–Kier alpha value is -1.92. The summed E-state index contributed by atoms with van der Waals surface area (Å²) in [6, 6.07) is 6.38. The average Bonchev–Trinajstić information content (AvgIpc) is 2.99. The van der Waals surface area contributed by atoms with Gasteiger partial charge in [0.25, 0.3) is 0 Å². The van der Waals surface area contributed by atoms with Crippen molar-refractivity contribution in [2.24, 2.45) is 0 Å². The van der Waals surface area contributed by atoms with Crippen molar-refractivity contribution < 1.29 is 102 Å². The van der Waals surface area contributed by atoms with Gasteiger partial charge in [-0.25, -0.2) is 0 Å². The third-order valence-corrected chi connectivity index (χ3v) is 2.79. The summed E-state index contributed by atoms with van der Waals surface area (Å²) in [7, 11) is 0.716. The van der Waals surface area contributed by atoms with E-state index in [2.05, 4.69) is 119 Å². The van der Waals surface area contributed by atoms with E-state index in [0.29, 0.717) is 20.3 Å². The number of para-hydroxylation sites is 1. The van der Waals surface area contributed by atoms with Crippen LogP contribution in [0.5, 0.6) is 5.75 Å². The van der Waals surface area contributed by atoms with Crippen molar-refractivity contribution in [3.05, 3.63) is 89.2 Å². The van der Waals surface area contributed by atoms with Gasteiger partial charge in [0.1, 0.15) is 14.2 Å². The first-order valence-electron chi connectivity index (χ1n) is 7.41. The SMILES string of the molecule is C=POc1c(C(C)C)cccc1C(C)C.[C-]#[O+].[C-]#[O+].[C-]#[O+].[C-]#[O+].[C-]#[O+].[C-]#[O+].[C-]#[O+].[C-]#[O+].[C-]#[O+].[CH-]=O.[Fe].[Fe].[Fe]. The quantitative estimate of drug-likeness (QED) is 0.153. The number of hydrogen-bond acceptors (Lipinski definition) is 2. The van der Waals surface area contributed by atoms with Crippen molar-refractivity contribution in [3.63, 3.8) is 0 Å². The first kappa shape index (κ1) is 83.4. The number of hydrogen-bond donors (Lipinski definition) is 0. The molecule has 0 bridgehead atoms.